The molecule has 0 heterocycles. The highest BCUT2D eigenvalue weighted by molar-refractivity contribution is 7.93. The molecule has 8 nitrogen and oxygen atoms in total. The van der Waals surface area contributed by atoms with E-state index >= 15 is 0 Å². The number of hydrogen-bond acceptors (Lipinski definition) is 6. The van der Waals surface area contributed by atoms with E-state index in [1.807, 2.05) is 0 Å². The summed E-state index contributed by atoms with van der Waals surface area (Å²) in [5, 5.41) is 9.51. The molecule has 0 unspecified atom stereocenters. The third kappa shape index (κ3) is 5.43. The lowest BCUT2D eigenvalue weighted by molar-refractivity contribution is -0.384. The summed E-state index contributed by atoms with van der Waals surface area (Å²) in [4.78, 5) is 23.1. The number of rotatable bonds is 7. The first-order valence-electron chi connectivity index (χ1n) is 9.70. The monoisotopic (exact) mass is 482 g/mol. The standard InChI is InChI=1S/C21H20ClFN2O6S/c1-13(14-6-9-16(10-7-14)25(27)28)31-21(26)17-4-2-3-5-20(17)32(29,30)24-19-11-8-15(23)12-18(19)22/h4,6-13,20,24H,2-3,5H2,1H3/t13-,20-/m1/s1. The maximum absolute atomic E-state index is 13.3. The van der Waals surface area contributed by atoms with E-state index in [4.69, 9.17) is 16.3 Å². The molecule has 0 radical (unpaired) electrons. The molecule has 3 rings (SSSR count). The first kappa shape index (κ1) is 23.7. The van der Waals surface area contributed by atoms with Crippen molar-refractivity contribution in [2.24, 2.45) is 0 Å². The molecule has 1 N–H and O–H groups in total. The third-order valence-corrected chi connectivity index (χ3v) is 7.09. The largest absolute Gasteiger partial charge is 0.454 e. The fourth-order valence-corrected chi connectivity index (χ4v) is 5.25. The fourth-order valence-electron chi connectivity index (χ4n) is 3.35. The molecule has 0 fully saturated rings. The molecule has 0 amide bonds. The molecule has 0 spiro atoms. The Bertz CT molecular complexity index is 1170. The Kier molecular flexibility index (Phi) is 7.15. The number of nitrogens with one attached hydrogen (secondary N) is 1. The van der Waals surface area contributed by atoms with Crippen LogP contribution in [0.5, 0.6) is 0 Å². The van der Waals surface area contributed by atoms with Gasteiger partial charge in [-0.2, -0.15) is 0 Å². The van der Waals surface area contributed by atoms with Gasteiger partial charge in [-0.25, -0.2) is 17.6 Å². The summed E-state index contributed by atoms with van der Waals surface area (Å²) >= 11 is 5.93. The van der Waals surface area contributed by atoms with Gasteiger partial charge in [-0.1, -0.05) is 17.7 Å². The molecule has 0 aromatic heterocycles. The van der Waals surface area contributed by atoms with Gasteiger partial charge in [0.2, 0.25) is 10.0 Å². The zero-order chi connectivity index (χ0) is 23.5. The van der Waals surface area contributed by atoms with Gasteiger partial charge in [-0.15, -0.1) is 0 Å². The predicted octanol–water partition coefficient (Wildman–Crippen LogP) is 4.91. The van der Waals surface area contributed by atoms with Crippen LogP contribution in [0.2, 0.25) is 5.02 Å². The quantitative estimate of drug-likeness (QED) is 0.340. The van der Waals surface area contributed by atoms with Crippen LogP contribution < -0.4 is 4.72 Å². The molecule has 0 aliphatic heterocycles. The predicted molar refractivity (Wildman–Crippen MR) is 117 cm³/mol. The number of ether oxygens (including phenoxy) is 1. The molecule has 11 heteroatoms. The van der Waals surface area contributed by atoms with Crippen molar-refractivity contribution in [2.45, 2.75) is 37.5 Å². The number of anilines is 1. The van der Waals surface area contributed by atoms with Crippen molar-refractivity contribution in [3.63, 3.8) is 0 Å². The molecule has 1 aliphatic carbocycles. The summed E-state index contributed by atoms with van der Waals surface area (Å²) in [5.41, 5.74) is 0.427. The van der Waals surface area contributed by atoms with Gasteiger partial charge in [0.1, 0.15) is 17.2 Å². The van der Waals surface area contributed by atoms with Gasteiger partial charge in [0.15, 0.2) is 0 Å². The normalized spacial score (nSPS) is 17.2. The van der Waals surface area contributed by atoms with Gasteiger partial charge in [0.25, 0.3) is 5.69 Å². The number of halogens is 2. The van der Waals surface area contributed by atoms with Crippen molar-refractivity contribution < 1.29 is 27.3 Å². The lowest BCUT2D eigenvalue weighted by Crippen LogP contribution is -2.35. The smallest absolute Gasteiger partial charge is 0.335 e. The van der Waals surface area contributed by atoms with Gasteiger partial charge in [-0.05, 0) is 62.1 Å². The Morgan fingerprint density at radius 1 is 1.28 bits per heavy atom. The molecule has 0 saturated carbocycles. The van der Waals surface area contributed by atoms with Gasteiger partial charge >= 0.3 is 5.97 Å². The molecule has 2 aromatic carbocycles. The first-order chi connectivity index (χ1) is 15.1. The Morgan fingerprint density at radius 2 is 1.97 bits per heavy atom. The number of benzene rings is 2. The number of carbonyl (C=O) groups excluding carboxylic acids is 1. The Hall–Kier alpha value is -2.98. The summed E-state index contributed by atoms with van der Waals surface area (Å²) in [6, 6.07) is 8.79. The Labute approximate surface area is 189 Å². The highest BCUT2D eigenvalue weighted by Gasteiger charge is 2.36. The van der Waals surface area contributed by atoms with Crippen molar-refractivity contribution in [2.75, 3.05) is 4.72 Å². The molecular weight excluding hydrogens is 463 g/mol. The van der Waals surface area contributed by atoms with Crippen molar-refractivity contribution >= 4 is 39.0 Å². The average Bonchev–Trinajstić information content (AvgIpc) is 2.75. The van der Waals surface area contributed by atoms with Gasteiger partial charge in [0.05, 0.1) is 21.2 Å². The summed E-state index contributed by atoms with van der Waals surface area (Å²) in [6.45, 7) is 1.59. The van der Waals surface area contributed by atoms with Gasteiger partial charge in [0, 0.05) is 12.1 Å². The first-order valence-corrected chi connectivity index (χ1v) is 11.6. The summed E-state index contributed by atoms with van der Waals surface area (Å²) < 4.78 is 47.0. The van der Waals surface area contributed by atoms with Crippen LogP contribution in [0.25, 0.3) is 0 Å². The molecule has 1 aliphatic rings. The second kappa shape index (κ2) is 9.66. The number of sulfonamides is 1. The van der Waals surface area contributed by atoms with Crippen LogP contribution in [0.1, 0.15) is 37.9 Å². The number of esters is 1. The van der Waals surface area contributed by atoms with E-state index in [0.29, 0.717) is 18.4 Å². The molecule has 32 heavy (non-hydrogen) atoms. The van der Waals surface area contributed by atoms with E-state index in [1.165, 1.54) is 36.4 Å². The van der Waals surface area contributed by atoms with Crippen LogP contribution in [0.4, 0.5) is 15.8 Å². The zero-order valence-corrected chi connectivity index (χ0v) is 18.5. The SMILES string of the molecule is C[C@@H](OC(=O)C1=CCCC[C@H]1S(=O)(=O)Nc1ccc(F)cc1Cl)c1ccc([N+](=O)[O-])cc1. The van der Waals surface area contributed by atoms with E-state index in [0.717, 1.165) is 12.1 Å². The zero-order valence-electron chi connectivity index (χ0n) is 17.0. The molecule has 2 atom stereocenters. The fraction of sp³-hybridized carbons (Fsp3) is 0.286. The minimum absolute atomic E-state index is 0.00394. The number of hydrogen-bond donors (Lipinski definition) is 1. The van der Waals surface area contributed by atoms with Crippen LogP contribution in [0.15, 0.2) is 54.1 Å². The van der Waals surface area contributed by atoms with Crippen LogP contribution in [-0.2, 0) is 19.6 Å². The summed E-state index contributed by atoms with van der Waals surface area (Å²) in [6.07, 6.45) is 2.04. The minimum atomic E-state index is -4.08. The van der Waals surface area contributed by atoms with Crippen molar-refractivity contribution in [1.29, 1.82) is 0 Å². The van der Waals surface area contributed by atoms with Crippen molar-refractivity contribution in [3.8, 4) is 0 Å². The highest BCUT2D eigenvalue weighted by Crippen LogP contribution is 2.31. The van der Waals surface area contributed by atoms with Crippen LogP contribution in [0.3, 0.4) is 0 Å². The number of non-ortho nitro benzene ring substituents is 1. The number of allylic oxidation sites excluding steroid dienone is 1. The summed E-state index contributed by atoms with van der Waals surface area (Å²) in [5.74, 6) is -1.41. The van der Waals surface area contributed by atoms with E-state index in [2.05, 4.69) is 4.72 Å². The third-order valence-electron chi connectivity index (χ3n) is 5.03. The lowest BCUT2D eigenvalue weighted by atomic mass is 9.99. The topological polar surface area (TPSA) is 116 Å². The van der Waals surface area contributed by atoms with Gasteiger partial charge in [-0.3, -0.25) is 14.8 Å². The summed E-state index contributed by atoms with van der Waals surface area (Å²) in [7, 11) is -4.08. The number of nitrogens with zero attached hydrogens (tertiary/aromatic N) is 1. The van der Waals surface area contributed by atoms with Crippen LogP contribution in [-0.4, -0.2) is 24.6 Å². The van der Waals surface area contributed by atoms with Crippen molar-refractivity contribution in [1.82, 2.24) is 0 Å². The lowest BCUT2D eigenvalue weighted by Gasteiger charge is -2.25. The maximum Gasteiger partial charge on any atom is 0.335 e. The van der Waals surface area contributed by atoms with E-state index in [9.17, 15) is 27.7 Å². The van der Waals surface area contributed by atoms with E-state index in [1.54, 1.807) is 6.92 Å². The molecule has 0 saturated heterocycles. The Balaban J connectivity index is 1.77. The molecule has 0 bridgehead atoms. The molecular formula is C21H20ClFN2O6S. The van der Waals surface area contributed by atoms with Crippen molar-refractivity contribution in [3.05, 3.63) is 80.6 Å². The average molecular weight is 483 g/mol. The maximum atomic E-state index is 13.3. The number of carbonyl (C=O) groups is 1. The Morgan fingerprint density at radius 3 is 2.59 bits per heavy atom. The number of nitro groups is 1. The molecule has 2 aromatic rings. The highest BCUT2D eigenvalue weighted by atomic mass is 35.5. The van der Waals surface area contributed by atoms with E-state index in [-0.39, 0.29) is 28.4 Å². The van der Waals surface area contributed by atoms with E-state index < -0.39 is 38.1 Å². The number of nitro benzene ring substituents is 1. The second-order valence-corrected chi connectivity index (χ2v) is 9.52. The van der Waals surface area contributed by atoms with Crippen LogP contribution in [0, 0.1) is 15.9 Å². The second-order valence-electron chi connectivity index (χ2n) is 7.25. The van der Waals surface area contributed by atoms with Crippen LogP contribution >= 0.6 is 11.6 Å². The molecule has 170 valence electrons. The minimum Gasteiger partial charge on any atom is -0.454 e. The van der Waals surface area contributed by atoms with Gasteiger partial charge < -0.3 is 4.74 Å².